The highest BCUT2D eigenvalue weighted by atomic mass is 16.5. The molecule has 2 N–H and O–H groups in total. The first-order valence-electron chi connectivity index (χ1n) is 6.51. The number of hydrogen-bond donors (Lipinski definition) is 2. The molecule has 0 atom stereocenters. The third-order valence-electron chi connectivity index (χ3n) is 3.51. The van der Waals surface area contributed by atoms with Gasteiger partial charge in [0, 0.05) is 23.2 Å². The summed E-state index contributed by atoms with van der Waals surface area (Å²) in [5.74, 6) is 0.841. The minimum atomic E-state index is -0.187. The molecule has 2 aromatic rings. The SMILES string of the molecule is Cc1c(O)cccc1NC(=O)c1ccc2c(c1)CCO2. The van der Waals surface area contributed by atoms with Gasteiger partial charge in [0.1, 0.15) is 11.5 Å². The molecule has 3 rings (SSSR count). The first kappa shape index (κ1) is 12.5. The van der Waals surface area contributed by atoms with Crippen LogP contribution in [-0.2, 0) is 6.42 Å². The molecule has 2 aromatic carbocycles. The number of amides is 1. The van der Waals surface area contributed by atoms with E-state index in [1.807, 2.05) is 12.1 Å². The highest BCUT2D eigenvalue weighted by Gasteiger charge is 2.15. The van der Waals surface area contributed by atoms with Crippen molar-refractivity contribution in [3.63, 3.8) is 0 Å². The molecule has 1 amide bonds. The highest BCUT2D eigenvalue weighted by molar-refractivity contribution is 6.05. The van der Waals surface area contributed by atoms with Crippen molar-refractivity contribution in [2.24, 2.45) is 0 Å². The average Bonchev–Trinajstić information content (AvgIpc) is 2.91. The lowest BCUT2D eigenvalue weighted by Gasteiger charge is -2.10. The Morgan fingerprint density at radius 1 is 1.30 bits per heavy atom. The Morgan fingerprint density at radius 3 is 3.00 bits per heavy atom. The van der Waals surface area contributed by atoms with E-state index in [-0.39, 0.29) is 11.7 Å². The summed E-state index contributed by atoms with van der Waals surface area (Å²) in [7, 11) is 0. The highest BCUT2D eigenvalue weighted by Crippen LogP contribution is 2.27. The van der Waals surface area contributed by atoms with Crippen molar-refractivity contribution in [2.45, 2.75) is 13.3 Å². The maximum absolute atomic E-state index is 12.2. The van der Waals surface area contributed by atoms with Gasteiger partial charge in [-0.25, -0.2) is 0 Å². The lowest BCUT2D eigenvalue weighted by Crippen LogP contribution is -2.12. The normalized spacial score (nSPS) is 12.7. The van der Waals surface area contributed by atoms with Gasteiger partial charge in [0.25, 0.3) is 5.91 Å². The van der Waals surface area contributed by atoms with Gasteiger partial charge in [-0.15, -0.1) is 0 Å². The van der Waals surface area contributed by atoms with E-state index >= 15 is 0 Å². The van der Waals surface area contributed by atoms with Crippen molar-refractivity contribution in [2.75, 3.05) is 11.9 Å². The molecule has 0 aromatic heterocycles. The number of benzene rings is 2. The van der Waals surface area contributed by atoms with Gasteiger partial charge in [0.2, 0.25) is 0 Å². The van der Waals surface area contributed by atoms with Crippen LogP contribution in [0.1, 0.15) is 21.5 Å². The van der Waals surface area contributed by atoms with Crippen LogP contribution in [0.25, 0.3) is 0 Å². The summed E-state index contributed by atoms with van der Waals surface area (Å²) >= 11 is 0. The lowest BCUT2D eigenvalue weighted by molar-refractivity contribution is 0.102. The van der Waals surface area contributed by atoms with Crippen molar-refractivity contribution in [1.82, 2.24) is 0 Å². The average molecular weight is 269 g/mol. The molecule has 1 heterocycles. The molecule has 102 valence electrons. The molecule has 4 heteroatoms. The molecule has 0 spiro atoms. The fraction of sp³-hybridized carbons (Fsp3) is 0.188. The van der Waals surface area contributed by atoms with E-state index in [1.165, 1.54) is 0 Å². The molecule has 20 heavy (non-hydrogen) atoms. The van der Waals surface area contributed by atoms with Gasteiger partial charge < -0.3 is 15.2 Å². The quantitative estimate of drug-likeness (QED) is 0.881. The summed E-state index contributed by atoms with van der Waals surface area (Å²) in [6.07, 6.45) is 0.835. The Labute approximate surface area is 117 Å². The van der Waals surface area contributed by atoms with Crippen LogP contribution in [0, 0.1) is 6.92 Å². The monoisotopic (exact) mass is 269 g/mol. The molecule has 4 nitrogen and oxygen atoms in total. The number of ether oxygens (including phenoxy) is 1. The molecule has 0 saturated heterocycles. The zero-order valence-electron chi connectivity index (χ0n) is 11.1. The number of carbonyl (C=O) groups is 1. The van der Waals surface area contributed by atoms with E-state index in [1.54, 1.807) is 31.2 Å². The maximum Gasteiger partial charge on any atom is 0.255 e. The number of nitrogens with one attached hydrogen (secondary N) is 1. The van der Waals surface area contributed by atoms with Crippen LogP contribution in [0.4, 0.5) is 5.69 Å². The predicted molar refractivity (Wildman–Crippen MR) is 76.4 cm³/mol. The van der Waals surface area contributed by atoms with Crippen LogP contribution in [0.15, 0.2) is 36.4 Å². The summed E-state index contributed by atoms with van der Waals surface area (Å²) < 4.78 is 5.42. The number of phenols is 1. The summed E-state index contributed by atoms with van der Waals surface area (Å²) in [5, 5.41) is 12.5. The Kier molecular flexibility index (Phi) is 3.06. The Hall–Kier alpha value is -2.49. The zero-order chi connectivity index (χ0) is 14.1. The van der Waals surface area contributed by atoms with Gasteiger partial charge in [-0.05, 0) is 42.8 Å². The zero-order valence-corrected chi connectivity index (χ0v) is 11.1. The van der Waals surface area contributed by atoms with Crippen molar-refractivity contribution in [3.05, 3.63) is 53.1 Å². The number of fused-ring (bicyclic) bond motifs is 1. The molecular weight excluding hydrogens is 254 g/mol. The number of aromatic hydroxyl groups is 1. The van der Waals surface area contributed by atoms with Crippen molar-refractivity contribution in [3.8, 4) is 11.5 Å². The van der Waals surface area contributed by atoms with E-state index in [4.69, 9.17) is 4.74 Å². The Morgan fingerprint density at radius 2 is 2.15 bits per heavy atom. The smallest absolute Gasteiger partial charge is 0.255 e. The first-order chi connectivity index (χ1) is 9.65. The van der Waals surface area contributed by atoms with Gasteiger partial charge in [0.05, 0.1) is 6.61 Å². The van der Waals surface area contributed by atoms with Crippen molar-refractivity contribution in [1.29, 1.82) is 0 Å². The van der Waals surface area contributed by atoms with Crippen molar-refractivity contribution >= 4 is 11.6 Å². The number of hydrogen-bond acceptors (Lipinski definition) is 3. The summed E-state index contributed by atoms with van der Waals surface area (Å²) in [6.45, 7) is 2.44. The second kappa shape index (κ2) is 4.89. The molecule has 1 aliphatic heterocycles. The second-order valence-electron chi connectivity index (χ2n) is 4.82. The lowest BCUT2D eigenvalue weighted by atomic mass is 10.1. The van der Waals surface area contributed by atoms with Gasteiger partial charge in [-0.3, -0.25) is 4.79 Å². The number of carbonyl (C=O) groups excluding carboxylic acids is 1. The molecule has 0 unspecified atom stereocenters. The topological polar surface area (TPSA) is 58.6 Å². The largest absolute Gasteiger partial charge is 0.508 e. The summed E-state index contributed by atoms with van der Waals surface area (Å²) in [4.78, 5) is 12.2. The Bertz CT molecular complexity index is 679. The van der Waals surface area contributed by atoms with Crippen molar-refractivity contribution < 1.29 is 14.6 Å². The number of phenolic OH excluding ortho intramolecular Hbond substituents is 1. The van der Waals surface area contributed by atoms with E-state index in [0.717, 1.165) is 17.7 Å². The van der Waals surface area contributed by atoms with Crippen LogP contribution in [-0.4, -0.2) is 17.6 Å². The van der Waals surface area contributed by atoms with Crippen LogP contribution in [0.2, 0.25) is 0 Å². The van der Waals surface area contributed by atoms with Gasteiger partial charge in [0.15, 0.2) is 0 Å². The van der Waals surface area contributed by atoms with E-state index < -0.39 is 0 Å². The van der Waals surface area contributed by atoms with Crippen LogP contribution < -0.4 is 10.1 Å². The molecule has 0 saturated carbocycles. The third kappa shape index (κ3) is 2.20. The van der Waals surface area contributed by atoms with E-state index in [0.29, 0.717) is 23.4 Å². The molecule has 1 aliphatic rings. The second-order valence-corrected chi connectivity index (χ2v) is 4.82. The maximum atomic E-state index is 12.2. The first-order valence-corrected chi connectivity index (χ1v) is 6.51. The van der Waals surface area contributed by atoms with Crippen LogP contribution in [0.5, 0.6) is 11.5 Å². The Balaban J connectivity index is 1.84. The number of rotatable bonds is 2. The summed E-state index contributed by atoms with van der Waals surface area (Å²) in [6, 6.07) is 10.5. The van der Waals surface area contributed by atoms with Gasteiger partial charge in [-0.2, -0.15) is 0 Å². The standard InChI is InChI=1S/C16H15NO3/c1-10-13(3-2-4-14(10)18)17-16(19)12-5-6-15-11(9-12)7-8-20-15/h2-6,9,18H,7-8H2,1H3,(H,17,19). The fourth-order valence-electron chi connectivity index (χ4n) is 2.28. The minimum Gasteiger partial charge on any atom is -0.508 e. The van der Waals surface area contributed by atoms with E-state index in [9.17, 15) is 9.90 Å². The van der Waals surface area contributed by atoms with Gasteiger partial charge in [-0.1, -0.05) is 6.07 Å². The third-order valence-corrected chi connectivity index (χ3v) is 3.51. The molecular formula is C16H15NO3. The fourth-order valence-corrected chi connectivity index (χ4v) is 2.28. The van der Waals surface area contributed by atoms with Crippen LogP contribution >= 0.6 is 0 Å². The minimum absolute atomic E-state index is 0.171. The molecule has 0 radical (unpaired) electrons. The van der Waals surface area contributed by atoms with Gasteiger partial charge >= 0.3 is 0 Å². The number of anilines is 1. The molecule has 0 fully saturated rings. The molecule has 0 aliphatic carbocycles. The predicted octanol–water partition coefficient (Wildman–Crippen LogP) is 2.89. The molecule has 0 bridgehead atoms. The summed E-state index contributed by atoms with van der Waals surface area (Å²) in [5.41, 5.74) is 2.93. The van der Waals surface area contributed by atoms with E-state index in [2.05, 4.69) is 5.32 Å². The van der Waals surface area contributed by atoms with Crippen LogP contribution in [0.3, 0.4) is 0 Å².